The molecule has 0 fully saturated rings. The molecule has 0 bridgehead atoms. The van der Waals surface area contributed by atoms with Gasteiger partial charge in [-0.25, -0.2) is 4.98 Å². The number of thiazole rings is 1. The third-order valence-corrected chi connectivity index (χ3v) is 3.88. The van der Waals surface area contributed by atoms with Gasteiger partial charge in [0.2, 0.25) is 5.91 Å². The Hall–Kier alpha value is -0.940. The molecule has 4 nitrogen and oxygen atoms in total. The topological polar surface area (TPSA) is 59.2 Å². The standard InChI is InChI=1S/C12H21N3OS/c1-5-8(2)11(13)12(16)15(4)7-10-6-14-9(3)17-10/h6,8,11H,5,7,13H2,1-4H3/t8?,11-/m0/s1. The Morgan fingerprint density at radius 2 is 2.29 bits per heavy atom. The van der Waals surface area contributed by atoms with Crippen LogP contribution in [0.4, 0.5) is 0 Å². The summed E-state index contributed by atoms with van der Waals surface area (Å²) in [6.07, 6.45) is 2.74. The van der Waals surface area contributed by atoms with Crippen molar-refractivity contribution in [3.63, 3.8) is 0 Å². The zero-order valence-electron chi connectivity index (χ0n) is 10.9. The third kappa shape index (κ3) is 3.78. The van der Waals surface area contributed by atoms with E-state index < -0.39 is 6.04 Å². The molecule has 1 rings (SSSR count). The first kappa shape index (κ1) is 14.1. The Labute approximate surface area is 107 Å². The normalized spacial score (nSPS) is 14.4. The molecule has 1 unspecified atom stereocenters. The van der Waals surface area contributed by atoms with Gasteiger partial charge in [0.15, 0.2) is 0 Å². The second-order valence-corrected chi connectivity index (χ2v) is 5.77. The number of amides is 1. The molecule has 5 heteroatoms. The Morgan fingerprint density at radius 1 is 1.65 bits per heavy atom. The molecule has 17 heavy (non-hydrogen) atoms. The van der Waals surface area contributed by atoms with Crippen molar-refractivity contribution in [2.24, 2.45) is 11.7 Å². The van der Waals surface area contributed by atoms with Crippen LogP contribution in [-0.2, 0) is 11.3 Å². The largest absolute Gasteiger partial charge is 0.339 e. The van der Waals surface area contributed by atoms with Gasteiger partial charge >= 0.3 is 0 Å². The molecule has 2 N–H and O–H groups in total. The highest BCUT2D eigenvalue weighted by atomic mass is 32.1. The van der Waals surface area contributed by atoms with Gasteiger partial charge in [-0.05, 0) is 12.8 Å². The van der Waals surface area contributed by atoms with Gasteiger partial charge in [0.1, 0.15) is 0 Å². The third-order valence-electron chi connectivity index (χ3n) is 2.98. The van der Waals surface area contributed by atoms with Crippen molar-refractivity contribution in [1.82, 2.24) is 9.88 Å². The molecule has 1 amide bonds. The Balaban J connectivity index is 2.58. The van der Waals surface area contributed by atoms with E-state index in [4.69, 9.17) is 5.73 Å². The second kappa shape index (κ2) is 6.12. The number of nitrogens with zero attached hydrogens (tertiary/aromatic N) is 2. The molecule has 2 atom stereocenters. The van der Waals surface area contributed by atoms with Gasteiger partial charge in [-0.3, -0.25) is 4.79 Å². The van der Waals surface area contributed by atoms with E-state index >= 15 is 0 Å². The maximum Gasteiger partial charge on any atom is 0.239 e. The van der Waals surface area contributed by atoms with E-state index in [0.29, 0.717) is 6.54 Å². The molecular formula is C12H21N3OS. The summed E-state index contributed by atoms with van der Waals surface area (Å²) >= 11 is 1.61. The molecule has 0 aliphatic rings. The molecule has 1 aromatic heterocycles. The van der Waals surface area contributed by atoms with Crippen LogP contribution in [0.5, 0.6) is 0 Å². The van der Waals surface area contributed by atoms with Gasteiger partial charge in [0, 0.05) is 18.1 Å². The van der Waals surface area contributed by atoms with E-state index in [0.717, 1.165) is 16.3 Å². The first-order chi connectivity index (χ1) is 7.95. The molecule has 0 radical (unpaired) electrons. The first-order valence-electron chi connectivity index (χ1n) is 5.87. The van der Waals surface area contributed by atoms with Crippen molar-refractivity contribution in [2.75, 3.05) is 7.05 Å². The van der Waals surface area contributed by atoms with E-state index in [1.165, 1.54) is 0 Å². The summed E-state index contributed by atoms with van der Waals surface area (Å²) in [7, 11) is 1.79. The van der Waals surface area contributed by atoms with Gasteiger partial charge in [-0.2, -0.15) is 0 Å². The van der Waals surface area contributed by atoms with Crippen molar-refractivity contribution in [1.29, 1.82) is 0 Å². The average Bonchev–Trinajstić information content (AvgIpc) is 2.71. The van der Waals surface area contributed by atoms with E-state index in [1.54, 1.807) is 23.3 Å². The molecule has 0 aliphatic heterocycles. The monoisotopic (exact) mass is 255 g/mol. The van der Waals surface area contributed by atoms with Crippen LogP contribution < -0.4 is 5.73 Å². The highest BCUT2D eigenvalue weighted by molar-refractivity contribution is 7.11. The number of nitrogens with two attached hydrogens (primary N) is 1. The minimum atomic E-state index is -0.404. The minimum absolute atomic E-state index is 0.00500. The van der Waals surface area contributed by atoms with E-state index in [-0.39, 0.29) is 11.8 Å². The number of aryl methyl sites for hydroxylation is 1. The lowest BCUT2D eigenvalue weighted by molar-refractivity contribution is -0.132. The number of hydrogen-bond acceptors (Lipinski definition) is 4. The molecule has 0 saturated heterocycles. The number of aromatic nitrogens is 1. The smallest absolute Gasteiger partial charge is 0.239 e. The van der Waals surface area contributed by atoms with Crippen LogP contribution in [0, 0.1) is 12.8 Å². The summed E-state index contributed by atoms with van der Waals surface area (Å²) in [5.74, 6) is 0.221. The average molecular weight is 255 g/mol. The fourth-order valence-corrected chi connectivity index (χ4v) is 2.39. The summed E-state index contributed by atoms with van der Waals surface area (Å²) in [6, 6.07) is -0.404. The van der Waals surface area contributed by atoms with Crippen molar-refractivity contribution in [3.8, 4) is 0 Å². The van der Waals surface area contributed by atoms with Crippen molar-refractivity contribution >= 4 is 17.2 Å². The van der Waals surface area contributed by atoms with Crippen LogP contribution in [0.3, 0.4) is 0 Å². The Morgan fingerprint density at radius 3 is 2.76 bits per heavy atom. The van der Waals surface area contributed by atoms with Crippen molar-refractivity contribution in [3.05, 3.63) is 16.1 Å². The highest BCUT2D eigenvalue weighted by Gasteiger charge is 2.23. The van der Waals surface area contributed by atoms with Crippen LogP contribution in [-0.4, -0.2) is 28.9 Å². The van der Waals surface area contributed by atoms with Gasteiger partial charge in [0.25, 0.3) is 0 Å². The van der Waals surface area contributed by atoms with Crippen LogP contribution in [0.15, 0.2) is 6.20 Å². The van der Waals surface area contributed by atoms with Crippen molar-refractivity contribution < 1.29 is 4.79 Å². The minimum Gasteiger partial charge on any atom is -0.339 e. The molecule has 0 aliphatic carbocycles. The van der Waals surface area contributed by atoms with Crippen LogP contribution >= 0.6 is 11.3 Å². The number of hydrogen-bond donors (Lipinski definition) is 1. The van der Waals surface area contributed by atoms with Crippen LogP contribution in [0.2, 0.25) is 0 Å². The number of likely N-dealkylation sites (N-methyl/N-ethyl adjacent to an activating group) is 1. The lowest BCUT2D eigenvalue weighted by Gasteiger charge is -2.24. The molecule has 0 saturated carbocycles. The SMILES string of the molecule is CCC(C)[C@H](N)C(=O)N(C)Cc1cnc(C)s1. The Kier molecular flexibility index (Phi) is 5.08. The van der Waals surface area contributed by atoms with Gasteiger partial charge in [0.05, 0.1) is 17.6 Å². The molecule has 0 aromatic carbocycles. The first-order valence-corrected chi connectivity index (χ1v) is 6.69. The molecule has 96 valence electrons. The summed E-state index contributed by atoms with van der Waals surface area (Å²) in [5.41, 5.74) is 5.93. The Bertz CT molecular complexity index is 378. The molecular weight excluding hydrogens is 234 g/mol. The second-order valence-electron chi connectivity index (χ2n) is 4.45. The molecule has 1 aromatic rings. The molecule has 0 spiro atoms. The van der Waals surface area contributed by atoms with Gasteiger partial charge < -0.3 is 10.6 Å². The van der Waals surface area contributed by atoms with E-state index in [2.05, 4.69) is 4.98 Å². The van der Waals surface area contributed by atoms with E-state index in [1.807, 2.05) is 27.0 Å². The summed E-state index contributed by atoms with van der Waals surface area (Å²) in [6.45, 7) is 6.60. The quantitative estimate of drug-likeness (QED) is 0.872. The highest BCUT2D eigenvalue weighted by Crippen LogP contribution is 2.15. The lowest BCUT2D eigenvalue weighted by atomic mass is 9.99. The maximum absolute atomic E-state index is 12.0. The summed E-state index contributed by atoms with van der Waals surface area (Å²) in [5, 5.41) is 1.02. The van der Waals surface area contributed by atoms with Gasteiger partial charge in [-0.1, -0.05) is 20.3 Å². The van der Waals surface area contributed by atoms with Gasteiger partial charge in [-0.15, -0.1) is 11.3 Å². The van der Waals surface area contributed by atoms with Crippen LogP contribution in [0.25, 0.3) is 0 Å². The summed E-state index contributed by atoms with van der Waals surface area (Å²) < 4.78 is 0. The maximum atomic E-state index is 12.0. The fourth-order valence-electron chi connectivity index (χ4n) is 1.54. The lowest BCUT2D eigenvalue weighted by Crippen LogP contribution is -2.45. The number of carbonyl (C=O) groups excluding carboxylic acids is 1. The summed E-state index contributed by atoms with van der Waals surface area (Å²) in [4.78, 5) is 19.0. The van der Waals surface area contributed by atoms with Crippen molar-refractivity contribution in [2.45, 2.75) is 39.8 Å². The predicted octanol–water partition coefficient (Wildman–Crippen LogP) is 1.78. The zero-order chi connectivity index (χ0) is 13.0. The number of rotatable bonds is 5. The number of carbonyl (C=O) groups is 1. The zero-order valence-corrected chi connectivity index (χ0v) is 11.8. The fraction of sp³-hybridized carbons (Fsp3) is 0.667. The van der Waals surface area contributed by atoms with E-state index in [9.17, 15) is 4.79 Å². The molecule has 1 heterocycles. The predicted molar refractivity (Wildman–Crippen MR) is 70.8 cm³/mol. The van der Waals surface area contributed by atoms with Crippen LogP contribution in [0.1, 0.15) is 30.2 Å².